The monoisotopic (exact) mass is 548 g/mol. The summed E-state index contributed by atoms with van der Waals surface area (Å²) < 4.78 is 21.7. The number of amides is 2. The molecule has 0 aromatic heterocycles. The summed E-state index contributed by atoms with van der Waals surface area (Å²) in [5.41, 5.74) is 3.32. The summed E-state index contributed by atoms with van der Waals surface area (Å²) in [6, 6.07) is 15.7. The molecule has 0 radical (unpaired) electrons. The molecule has 4 rings (SSSR count). The van der Waals surface area contributed by atoms with Gasteiger partial charge in [-0.1, -0.05) is 44.2 Å². The Kier molecular flexibility index (Phi) is 8.79. The van der Waals surface area contributed by atoms with Crippen molar-refractivity contribution >= 4 is 23.7 Å². The maximum Gasteiger partial charge on any atom is 0.282 e. The van der Waals surface area contributed by atoms with Crippen molar-refractivity contribution in [3.05, 3.63) is 87.5 Å². The number of nitro benzene ring substituents is 1. The second kappa shape index (κ2) is 12.6. The molecule has 12 heteroatoms. The lowest BCUT2D eigenvalue weighted by Crippen LogP contribution is -2.48. The smallest absolute Gasteiger partial charge is 0.282 e. The molecule has 1 atom stereocenters. The highest BCUT2D eigenvalue weighted by molar-refractivity contribution is 5.98. The summed E-state index contributed by atoms with van der Waals surface area (Å²) in [5, 5.41) is 18.4. The molecule has 3 aromatic rings. The molecule has 1 heterocycles. The Morgan fingerprint density at radius 2 is 1.82 bits per heavy atom. The minimum Gasteiger partial charge on any atom is -0.493 e. The molecule has 40 heavy (non-hydrogen) atoms. The normalized spacial score (nSPS) is 12.7. The number of carbonyl (C=O) groups excluding carboxylic acids is 2. The lowest BCUT2D eigenvalue weighted by atomic mass is 10.0. The SMILES string of the molecule is COc1cc(/C=N\NC(=O)[C@H](NC(=O)c2ccc3c(c2)OCO3)C(C)C)c([N+](=O)[O-])cc1OCc1ccccc1. The minimum absolute atomic E-state index is 0.0723. The number of nitrogens with one attached hydrogen (secondary N) is 2. The molecular formula is C28H28N4O8. The van der Waals surface area contributed by atoms with E-state index in [4.69, 9.17) is 18.9 Å². The van der Waals surface area contributed by atoms with Crippen LogP contribution in [-0.4, -0.2) is 42.9 Å². The second-order valence-corrected chi connectivity index (χ2v) is 9.09. The number of carbonyl (C=O) groups is 2. The molecular weight excluding hydrogens is 520 g/mol. The number of hydrazone groups is 1. The number of ether oxygens (including phenoxy) is 4. The Hall–Kier alpha value is -5.13. The fourth-order valence-electron chi connectivity index (χ4n) is 3.87. The first-order valence-corrected chi connectivity index (χ1v) is 12.3. The largest absolute Gasteiger partial charge is 0.493 e. The van der Waals surface area contributed by atoms with Gasteiger partial charge in [-0.05, 0) is 35.7 Å². The number of hydrogen-bond acceptors (Lipinski definition) is 9. The third-order valence-corrected chi connectivity index (χ3v) is 6.00. The van der Waals surface area contributed by atoms with Gasteiger partial charge in [-0.25, -0.2) is 5.43 Å². The highest BCUT2D eigenvalue weighted by Gasteiger charge is 2.26. The fraction of sp³-hybridized carbons (Fsp3) is 0.250. The number of fused-ring (bicyclic) bond motifs is 1. The van der Waals surface area contributed by atoms with Gasteiger partial charge in [-0.15, -0.1) is 0 Å². The summed E-state index contributed by atoms with van der Waals surface area (Å²) in [4.78, 5) is 36.9. The lowest BCUT2D eigenvalue weighted by molar-refractivity contribution is -0.385. The molecule has 0 aliphatic carbocycles. The van der Waals surface area contributed by atoms with Crippen molar-refractivity contribution < 1.29 is 33.5 Å². The lowest BCUT2D eigenvalue weighted by Gasteiger charge is -2.20. The second-order valence-electron chi connectivity index (χ2n) is 9.09. The van der Waals surface area contributed by atoms with Gasteiger partial charge < -0.3 is 24.3 Å². The van der Waals surface area contributed by atoms with Gasteiger partial charge in [0.15, 0.2) is 23.0 Å². The van der Waals surface area contributed by atoms with Crippen LogP contribution in [0.2, 0.25) is 0 Å². The Balaban J connectivity index is 1.45. The highest BCUT2D eigenvalue weighted by Crippen LogP contribution is 2.35. The Morgan fingerprint density at radius 3 is 2.52 bits per heavy atom. The molecule has 0 bridgehead atoms. The molecule has 12 nitrogen and oxygen atoms in total. The van der Waals surface area contributed by atoms with Crippen LogP contribution in [0.4, 0.5) is 5.69 Å². The minimum atomic E-state index is -0.937. The molecule has 0 saturated carbocycles. The van der Waals surface area contributed by atoms with E-state index in [1.807, 2.05) is 30.3 Å². The van der Waals surface area contributed by atoms with Gasteiger partial charge in [-0.3, -0.25) is 19.7 Å². The van der Waals surface area contributed by atoms with E-state index in [0.29, 0.717) is 17.1 Å². The molecule has 2 amide bonds. The molecule has 2 N–H and O–H groups in total. The van der Waals surface area contributed by atoms with Crippen LogP contribution in [0.5, 0.6) is 23.0 Å². The number of rotatable bonds is 11. The number of benzene rings is 3. The first kappa shape index (κ1) is 27.9. The predicted octanol–water partition coefficient (Wildman–Crippen LogP) is 3.82. The zero-order chi connectivity index (χ0) is 28.6. The summed E-state index contributed by atoms with van der Waals surface area (Å²) in [7, 11) is 1.41. The van der Waals surface area contributed by atoms with E-state index in [1.54, 1.807) is 26.0 Å². The number of methoxy groups -OCH3 is 1. The van der Waals surface area contributed by atoms with Gasteiger partial charge in [0.05, 0.1) is 29.9 Å². The number of nitro groups is 1. The van der Waals surface area contributed by atoms with Crippen LogP contribution in [0.3, 0.4) is 0 Å². The van der Waals surface area contributed by atoms with Crippen molar-refractivity contribution in [3.63, 3.8) is 0 Å². The van der Waals surface area contributed by atoms with Crippen molar-refractivity contribution in [2.24, 2.45) is 11.0 Å². The van der Waals surface area contributed by atoms with Crippen molar-refractivity contribution in [1.82, 2.24) is 10.7 Å². The Labute approximate surface area is 230 Å². The molecule has 1 aliphatic rings. The van der Waals surface area contributed by atoms with Crippen molar-refractivity contribution in [3.8, 4) is 23.0 Å². The summed E-state index contributed by atoms with van der Waals surface area (Å²) in [6.07, 6.45) is 1.14. The quantitative estimate of drug-likeness (QED) is 0.209. The summed E-state index contributed by atoms with van der Waals surface area (Å²) >= 11 is 0. The van der Waals surface area contributed by atoms with Crippen LogP contribution in [0.1, 0.15) is 35.3 Å². The standard InChI is InChI=1S/C28H28N4O8/c1-17(2)26(30-27(33)19-9-10-22-24(11-19)40-16-39-22)28(34)31-29-14-20-12-23(37-3)25(13-21(20)32(35)36)38-15-18-7-5-4-6-8-18/h4-14,17,26H,15-16H2,1-3H3,(H,30,33)(H,31,34)/b29-14-/t26-/m1/s1. The van der Waals surface area contributed by atoms with Gasteiger partial charge in [0.2, 0.25) is 6.79 Å². The van der Waals surface area contributed by atoms with E-state index in [1.165, 1.54) is 25.3 Å². The third kappa shape index (κ3) is 6.65. The van der Waals surface area contributed by atoms with Crippen LogP contribution in [0.25, 0.3) is 0 Å². The van der Waals surface area contributed by atoms with Crippen LogP contribution in [-0.2, 0) is 11.4 Å². The Morgan fingerprint density at radius 1 is 1.07 bits per heavy atom. The van der Waals surface area contributed by atoms with Gasteiger partial charge in [0, 0.05) is 5.56 Å². The molecule has 0 spiro atoms. The highest BCUT2D eigenvalue weighted by atomic mass is 16.7. The van der Waals surface area contributed by atoms with Crippen LogP contribution >= 0.6 is 0 Å². The predicted molar refractivity (Wildman–Crippen MR) is 145 cm³/mol. The van der Waals surface area contributed by atoms with Crippen LogP contribution < -0.4 is 29.7 Å². The van der Waals surface area contributed by atoms with E-state index < -0.39 is 22.8 Å². The average molecular weight is 549 g/mol. The van der Waals surface area contributed by atoms with E-state index >= 15 is 0 Å². The number of hydrogen-bond donors (Lipinski definition) is 2. The van der Waals surface area contributed by atoms with Crippen molar-refractivity contribution in [2.45, 2.75) is 26.5 Å². The molecule has 0 unspecified atom stereocenters. The molecule has 208 valence electrons. The van der Waals surface area contributed by atoms with Crippen molar-refractivity contribution in [2.75, 3.05) is 13.9 Å². The fourth-order valence-corrected chi connectivity index (χ4v) is 3.87. The topological polar surface area (TPSA) is 151 Å². The molecule has 0 saturated heterocycles. The van der Waals surface area contributed by atoms with E-state index in [2.05, 4.69) is 15.8 Å². The third-order valence-electron chi connectivity index (χ3n) is 6.00. The van der Waals surface area contributed by atoms with Crippen LogP contribution in [0.15, 0.2) is 65.8 Å². The average Bonchev–Trinajstić information content (AvgIpc) is 3.43. The van der Waals surface area contributed by atoms with E-state index in [0.717, 1.165) is 11.8 Å². The summed E-state index contributed by atoms with van der Waals surface area (Å²) in [5.74, 6) is 0.0431. The zero-order valence-electron chi connectivity index (χ0n) is 22.1. The van der Waals surface area contributed by atoms with Crippen molar-refractivity contribution in [1.29, 1.82) is 0 Å². The van der Waals surface area contributed by atoms with Gasteiger partial charge >= 0.3 is 0 Å². The number of nitrogens with zero attached hydrogens (tertiary/aromatic N) is 2. The molecule has 0 fully saturated rings. The maximum atomic E-state index is 12.9. The first-order chi connectivity index (χ1) is 19.3. The zero-order valence-corrected chi connectivity index (χ0v) is 22.1. The Bertz CT molecular complexity index is 1430. The van der Waals surface area contributed by atoms with Crippen LogP contribution in [0, 0.1) is 16.0 Å². The van der Waals surface area contributed by atoms with Gasteiger partial charge in [0.1, 0.15) is 12.6 Å². The summed E-state index contributed by atoms with van der Waals surface area (Å²) in [6.45, 7) is 3.78. The van der Waals surface area contributed by atoms with E-state index in [9.17, 15) is 19.7 Å². The van der Waals surface area contributed by atoms with Gasteiger partial charge in [-0.2, -0.15) is 5.10 Å². The molecule has 3 aromatic carbocycles. The van der Waals surface area contributed by atoms with Gasteiger partial charge in [0.25, 0.3) is 17.5 Å². The maximum absolute atomic E-state index is 12.9. The first-order valence-electron chi connectivity index (χ1n) is 12.3. The van der Waals surface area contributed by atoms with E-state index in [-0.39, 0.29) is 42.1 Å². The molecule has 1 aliphatic heterocycles.